The molecule has 1 amide bonds. The topological polar surface area (TPSA) is 63.6 Å². The molecule has 0 saturated carbocycles. The summed E-state index contributed by atoms with van der Waals surface area (Å²) in [7, 11) is 3.34. The van der Waals surface area contributed by atoms with Crippen LogP contribution in [0.3, 0.4) is 0 Å². The van der Waals surface area contributed by atoms with Crippen molar-refractivity contribution in [3.05, 3.63) is 59.7 Å². The SMILES string of the molecule is COc1ccc(OC)c(CN2CCN(C(=O)C3=NOC(c4ccccc4)C3)CC2)c1. The molecule has 0 radical (unpaired) electrons. The highest BCUT2D eigenvalue weighted by Crippen LogP contribution is 2.28. The van der Waals surface area contributed by atoms with Gasteiger partial charge in [-0.2, -0.15) is 0 Å². The van der Waals surface area contributed by atoms with Crippen LogP contribution in [0.1, 0.15) is 23.7 Å². The first-order valence-corrected chi connectivity index (χ1v) is 10.2. The lowest BCUT2D eigenvalue weighted by Gasteiger charge is -2.34. The van der Waals surface area contributed by atoms with E-state index >= 15 is 0 Å². The molecule has 0 aliphatic carbocycles. The van der Waals surface area contributed by atoms with Crippen molar-refractivity contribution in [2.24, 2.45) is 5.16 Å². The van der Waals surface area contributed by atoms with Gasteiger partial charge in [-0.25, -0.2) is 0 Å². The van der Waals surface area contributed by atoms with Crippen molar-refractivity contribution < 1.29 is 19.1 Å². The first-order valence-electron chi connectivity index (χ1n) is 10.2. The van der Waals surface area contributed by atoms with E-state index in [-0.39, 0.29) is 12.0 Å². The molecule has 1 saturated heterocycles. The Morgan fingerprint density at radius 1 is 1.07 bits per heavy atom. The normalized spacial score (nSPS) is 19.2. The van der Waals surface area contributed by atoms with Gasteiger partial charge in [0.05, 0.1) is 14.2 Å². The maximum absolute atomic E-state index is 12.9. The molecule has 7 heteroatoms. The highest BCUT2D eigenvalue weighted by Gasteiger charge is 2.31. The number of ether oxygens (including phenoxy) is 2. The minimum atomic E-state index is -0.174. The Morgan fingerprint density at radius 3 is 2.53 bits per heavy atom. The molecule has 0 spiro atoms. The van der Waals surface area contributed by atoms with Crippen LogP contribution in [0, 0.1) is 0 Å². The number of carbonyl (C=O) groups excluding carboxylic acids is 1. The van der Waals surface area contributed by atoms with Gasteiger partial charge in [-0.15, -0.1) is 0 Å². The maximum atomic E-state index is 12.9. The zero-order chi connectivity index (χ0) is 20.9. The predicted octanol–water partition coefficient (Wildman–Crippen LogP) is 2.87. The predicted molar refractivity (Wildman–Crippen MR) is 114 cm³/mol. The second-order valence-electron chi connectivity index (χ2n) is 7.49. The molecule has 4 rings (SSSR count). The van der Waals surface area contributed by atoms with Gasteiger partial charge in [0.2, 0.25) is 0 Å². The van der Waals surface area contributed by atoms with Crippen LogP contribution in [0.5, 0.6) is 11.5 Å². The molecule has 2 aliphatic heterocycles. The molecular formula is C23H27N3O4. The Balaban J connectivity index is 1.31. The summed E-state index contributed by atoms with van der Waals surface area (Å²) in [5, 5.41) is 4.08. The Hall–Kier alpha value is -3.06. The van der Waals surface area contributed by atoms with Gasteiger partial charge in [-0.3, -0.25) is 9.69 Å². The number of oxime groups is 1. The smallest absolute Gasteiger partial charge is 0.271 e. The Morgan fingerprint density at radius 2 is 1.83 bits per heavy atom. The molecule has 2 aromatic rings. The van der Waals surface area contributed by atoms with Crippen LogP contribution in [0.4, 0.5) is 0 Å². The number of carbonyl (C=O) groups is 1. The van der Waals surface area contributed by atoms with E-state index in [1.165, 1.54) is 0 Å². The number of hydrogen-bond donors (Lipinski definition) is 0. The van der Waals surface area contributed by atoms with Gasteiger partial charge in [-0.05, 0) is 23.8 Å². The highest BCUT2D eigenvalue weighted by atomic mass is 16.6. The summed E-state index contributed by atoms with van der Waals surface area (Å²) in [6.07, 6.45) is 0.344. The van der Waals surface area contributed by atoms with Gasteiger partial charge >= 0.3 is 0 Å². The molecule has 1 unspecified atom stereocenters. The molecule has 0 bridgehead atoms. The highest BCUT2D eigenvalue weighted by molar-refractivity contribution is 6.39. The second-order valence-corrected chi connectivity index (χ2v) is 7.49. The molecule has 0 aromatic heterocycles. The van der Waals surface area contributed by atoms with Gasteiger partial charge in [0.1, 0.15) is 17.2 Å². The quantitative estimate of drug-likeness (QED) is 0.734. The lowest BCUT2D eigenvalue weighted by atomic mass is 10.0. The van der Waals surface area contributed by atoms with Gasteiger partial charge in [0.15, 0.2) is 6.10 Å². The van der Waals surface area contributed by atoms with E-state index < -0.39 is 0 Å². The Labute approximate surface area is 176 Å². The van der Waals surface area contributed by atoms with Gasteiger partial charge in [0, 0.05) is 44.7 Å². The molecule has 158 valence electrons. The number of nitrogens with zero attached hydrogens (tertiary/aromatic N) is 3. The average Bonchev–Trinajstić information content (AvgIpc) is 3.30. The van der Waals surface area contributed by atoms with Crippen LogP contribution in [-0.4, -0.2) is 61.8 Å². The van der Waals surface area contributed by atoms with E-state index in [0.29, 0.717) is 25.2 Å². The van der Waals surface area contributed by atoms with Gasteiger partial charge < -0.3 is 19.2 Å². The molecule has 0 N–H and O–H groups in total. The van der Waals surface area contributed by atoms with Crippen molar-refractivity contribution in [2.45, 2.75) is 19.1 Å². The minimum Gasteiger partial charge on any atom is -0.497 e. The maximum Gasteiger partial charge on any atom is 0.271 e. The summed E-state index contributed by atoms with van der Waals surface area (Å²) in [6.45, 7) is 3.67. The van der Waals surface area contributed by atoms with Crippen molar-refractivity contribution >= 4 is 11.6 Å². The van der Waals surface area contributed by atoms with E-state index in [2.05, 4.69) is 10.1 Å². The molecule has 30 heavy (non-hydrogen) atoms. The van der Waals surface area contributed by atoms with Crippen molar-refractivity contribution in [3.63, 3.8) is 0 Å². The fourth-order valence-electron chi connectivity index (χ4n) is 3.89. The number of rotatable bonds is 6. The third-order valence-corrected chi connectivity index (χ3v) is 5.63. The zero-order valence-corrected chi connectivity index (χ0v) is 17.4. The largest absolute Gasteiger partial charge is 0.497 e. The summed E-state index contributed by atoms with van der Waals surface area (Å²) in [4.78, 5) is 22.6. The third kappa shape index (κ3) is 4.41. The summed E-state index contributed by atoms with van der Waals surface area (Å²) >= 11 is 0. The molecule has 2 heterocycles. The first-order chi connectivity index (χ1) is 14.7. The van der Waals surface area contributed by atoms with Crippen molar-refractivity contribution in [3.8, 4) is 11.5 Å². The van der Waals surface area contributed by atoms with Crippen LogP contribution in [-0.2, 0) is 16.2 Å². The van der Waals surface area contributed by atoms with Crippen LogP contribution < -0.4 is 9.47 Å². The fourth-order valence-corrected chi connectivity index (χ4v) is 3.89. The summed E-state index contributed by atoms with van der Waals surface area (Å²) in [5.41, 5.74) is 2.63. The van der Waals surface area contributed by atoms with E-state index in [1.54, 1.807) is 14.2 Å². The lowest BCUT2D eigenvalue weighted by molar-refractivity contribution is -0.126. The van der Waals surface area contributed by atoms with Crippen LogP contribution in [0.15, 0.2) is 53.7 Å². The molecular weight excluding hydrogens is 382 g/mol. The molecule has 2 aromatic carbocycles. The standard InChI is InChI=1S/C23H27N3O4/c1-28-19-8-9-21(29-2)18(14-19)16-25-10-12-26(13-11-25)23(27)20-15-22(30-24-20)17-6-4-3-5-7-17/h3-9,14,22H,10-13,15-16H2,1-2H3. The monoisotopic (exact) mass is 409 g/mol. The molecule has 7 nitrogen and oxygen atoms in total. The average molecular weight is 409 g/mol. The molecule has 1 fully saturated rings. The number of methoxy groups -OCH3 is 2. The minimum absolute atomic E-state index is 0.0213. The summed E-state index contributed by atoms with van der Waals surface area (Å²) in [5.74, 6) is 1.64. The lowest BCUT2D eigenvalue weighted by Crippen LogP contribution is -2.50. The second kappa shape index (κ2) is 9.17. The number of piperazine rings is 1. The van der Waals surface area contributed by atoms with Crippen LogP contribution in [0.25, 0.3) is 0 Å². The van der Waals surface area contributed by atoms with E-state index in [9.17, 15) is 4.79 Å². The van der Waals surface area contributed by atoms with E-state index in [0.717, 1.165) is 42.3 Å². The molecule has 1 atom stereocenters. The van der Waals surface area contributed by atoms with Crippen molar-refractivity contribution in [1.29, 1.82) is 0 Å². The van der Waals surface area contributed by atoms with Gasteiger partial charge in [-0.1, -0.05) is 35.5 Å². The zero-order valence-electron chi connectivity index (χ0n) is 17.4. The third-order valence-electron chi connectivity index (χ3n) is 5.63. The Kier molecular flexibility index (Phi) is 6.18. The summed E-state index contributed by atoms with van der Waals surface area (Å²) < 4.78 is 10.8. The van der Waals surface area contributed by atoms with Crippen LogP contribution >= 0.6 is 0 Å². The number of benzene rings is 2. The number of hydrogen-bond acceptors (Lipinski definition) is 6. The van der Waals surface area contributed by atoms with Gasteiger partial charge in [0.25, 0.3) is 5.91 Å². The Bertz CT molecular complexity index is 908. The van der Waals surface area contributed by atoms with E-state index in [1.807, 2.05) is 53.4 Å². The summed E-state index contributed by atoms with van der Waals surface area (Å²) in [6, 6.07) is 15.7. The first kappa shape index (κ1) is 20.2. The van der Waals surface area contributed by atoms with Crippen molar-refractivity contribution in [1.82, 2.24) is 9.80 Å². The fraction of sp³-hybridized carbons (Fsp3) is 0.391. The number of amides is 1. The van der Waals surface area contributed by atoms with E-state index in [4.69, 9.17) is 14.3 Å². The van der Waals surface area contributed by atoms with Crippen molar-refractivity contribution in [2.75, 3.05) is 40.4 Å². The van der Waals surface area contributed by atoms with Crippen LogP contribution in [0.2, 0.25) is 0 Å². The molecule has 2 aliphatic rings.